The van der Waals surface area contributed by atoms with Gasteiger partial charge in [-0.1, -0.05) is 12.1 Å². The number of hydrogen-bond donors (Lipinski definition) is 0. The van der Waals surface area contributed by atoms with Crippen LogP contribution >= 0.6 is 0 Å². The fourth-order valence-corrected chi connectivity index (χ4v) is 8.01. The third-order valence-corrected chi connectivity index (χ3v) is 10.2. The van der Waals surface area contributed by atoms with E-state index >= 15 is 0 Å². The first-order chi connectivity index (χ1) is 18.7. The molecule has 0 radical (unpaired) electrons. The van der Waals surface area contributed by atoms with Crippen molar-refractivity contribution in [2.45, 2.75) is 82.2 Å². The summed E-state index contributed by atoms with van der Waals surface area (Å²) in [6.07, 6.45) is 9.85. The number of ether oxygens (including phenoxy) is 1. The Morgan fingerprint density at radius 1 is 1.00 bits per heavy atom. The van der Waals surface area contributed by atoms with E-state index < -0.39 is 5.67 Å². The van der Waals surface area contributed by atoms with Gasteiger partial charge in [0, 0.05) is 43.3 Å². The Hall–Kier alpha value is -3.29. The maximum Gasteiger partial charge on any atom is 0.227 e. The first-order valence-corrected chi connectivity index (χ1v) is 14.1. The summed E-state index contributed by atoms with van der Waals surface area (Å²) in [7, 11) is 1.61. The molecule has 0 saturated heterocycles. The Kier molecular flexibility index (Phi) is 5.46. The maximum absolute atomic E-state index is 14.3. The molecule has 2 heterocycles. The van der Waals surface area contributed by atoms with Crippen LogP contribution in [-0.4, -0.2) is 40.4 Å². The predicted molar refractivity (Wildman–Crippen MR) is 144 cm³/mol. The number of anilines is 1. The van der Waals surface area contributed by atoms with Gasteiger partial charge in [-0.15, -0.1) is 10.2 Å². The molecule has 7 nitrogen and oxygen atoms in total. The Balaban J connectivity index is 1.16. The number of hydrogen-bond acceptors (Lipinski definition) is 6. The average molecular weight is 531 g/mol. The predicted octanol–water partition coefficient (Wildman–Crippen LogP) is 6.36. The number of benzene rings is 1. The average Bonchev–Trinajstić information content (AvgIpc) is 3.38. The van der Waals surface area contributed by atoms with E-state index in [0.717, 1.165) is 61.2 Å². The Morgan fingerprint density at radius 3 is 2.36 bits per heavy atom. The van der Waals surface area contributed by atoms with Crippen molar-refractivity contribution in [2.75, 3.05) is 18.6 Å². The van der Waals surface area contributed by atoms with Gasteiger partial charge >= 0.3 is 0 Å². The molecule has 204 valence electrons. The first kappa shape index (κ1) is 24.7. The molecule has 6 saturated carbocycles. The summed E-state index contributed by atoms with van der Waals surface area (Å²) >= 11 is 0. The summed E-state index contributed by atoms with van der Waals surface area (Å²) in [5.74, 6) is 2.07. The lowest BCUT2D eigenvalue weighted by Gasteiger charge is -2.66. The molecule has 9 rings (SSSR count). The number of halogens is 1. The van der Waals surface area contributed by atoms with Crippen molar-refractivity contribution in [1.29, 1.82) is 0 Å². The molecule has 1 amide bonds. The van der Waals surface area contributed by atoms with E-state index in [1.165, 1.54) is 0 Å². The van der Waals surface area contributed by atoms with Gasteiger partial charge in [-0.25, -0.2) is 9.37 Å². The zero-order valence-electron chi connectivity index (χ0n) is 22.7. The van der Waals surface area contributed by atoms with Crippen LogP contribution in [0, 0.1) is 17.8 Å². The van der Waals surface area contributed by atoms with Crippen molar-refractivity contribution in [3.63, 3.8) is 0 Å². The smallest absolute Gasteiger partial charge is 0.227 e. The van der Waals surface area contributed by atoms with E-state index in [2.05, 4.69) is 27.3 Å². The highest BCUT2D eigenvalue weighted by molar-refractivity contribution is 5.95. The van der Waals surface area contributed by atoms with Gasteiger partial charge in [-0.2, -0.15) is 0 Å². The molecule has 8 heteroatoms. The van der Waals surface area contributed by atoms with Crippen LogP contribution in [0.2, 0.25) is 0 Å². The number of rotatable bonds is 8. The fourth-order valence-electron chi connectivity index (χ4n) is 8.01. The van der Waals surface area contributed by atoms with E-state index in [-0.39, 0.29) is 22.2 Å². The highest BCUT2D eigenvalue weighted by Crippen LogP contribution is 2.71. The van der Waals surface area contributed by atoms with Crippen molar-refractivity contribution >= 4 is 11.6 Å². The normalized spacial score (nSPS) is 32.3. The third-order valence-electron chi connectivity index (χ3n) is 10.2. The van der Waals surface area contributed by atoms with Gasteiger partial charge in [0.05, 0.1) is 7.11 Å². The molecule has 6 fully saturated rings. The van der Waals surface area contributed by atoms with Crippen LogP contribution in [0.15, 0.2) is 47.0 Å². The number of amides is 1. The second-order valence-electron chi connectivity index (χ2n) is 12.9. The highest BCUT2D eigenvalue weighted by Gasteiger charge is 2.69. The number of carbonyl (C=O) groups excluding carboxylic acids is 1. The van der Waals surface area contributed by atoms with Crippen LogP contribution in [0.3, 0.4) is 0 Å². The fraction of sp³-hybridized carbons (Fsp3) is 0.548. The van der Waals surface area contributed by atoms with Crippen molar-refractivity contribution in [3.8, 4) is 17.0 Å². The summed E-state index contributed by atoms with van der Waals surface area (Å²) in [6, 6.07) is 12.1. The first-order valence-electron chi connectivity index (χ1n) is 14.1. The number of nitrogens with zero attached hydrogens (tertiary/aromatic N) is 4. The Morgan fingerprint density at radius 2 is 1.72 bits per heavy atom. The molecule has 1 aromatic carbocycles. The molecule has 3 aromatic rings. The molecule has 0 spiro atoms. The molecule has 6 aliphatic carbocycles. The van der Waals surface area contributed by atoms with E-state index in [1.807, 2.05) is 36.1 Å². The number of alkyl halides is 1. The topological polar surface area (TPSA) is 81.4 Å². The number of fused-ring (bicyclic) bond motifs is 3. The monoisotopic (exact) mass is 530 g/mol. The minimum atomic E-state index is -1.01. The van der Waals surface area contributed by atoms with Crippen molar-refractivity contribution < 1.29 is 18.3 Å². The van der Waals surface area contributed by atoms with Gasteiger partial charge in [0.15, 0.2) is 0 Å². The molecule has 0 aliphatic heterocycles. The molecule has 39 heavy (non-hydrogen) atoms. The largest absolute Gasteiger partial charge is 0.481 e. The molecule has 6 aliphatic rings. The van der Waals surface area contributed by atoms with Gasteiger partial charge in [0.25, 0.3) is 0 Å². The second kappa shape index (κ2) is 8.60. The molecule has 2 aromatic heterocycles. The van der Waals surface area contributed by atoms with Gasteiger partial charge in [-0.3, -0.25) is 4.79 Å². The second-order valence-corrected chi connectivity index (χ2v) is 12.9. The van der Waals surface area contributed by atoms with E-state index in [0.29, 0.717) is 44.0 Å². The van der Waals surface area contributed by atoms with E-state index in [4.69, 9.17) is 9.15 Å². The van der Waals surface area contributed by atoms with Crippen LogP contribution in [-0.2, 0) is 10.2 Å². The standard InChI is InChI=1S/C31H35FN4O3/c1-21-34-35-27(39-21)30-10-7-28(8-11-30,9-12-30)20-36(26(37)16-29-17-31(32,18-29)19-29)24-5-3-4-22(14-24)23-6-13-33-25(15-23)38-2/h3-6,13-15H,7-12,16-20H2,1-2H3. The van der Waals surface area contributed by atoms with E-state index in [9.17, 15) is 9.18 Å². The third kappa shape index (κ3) is 4.14. The summed E-state index contributed by atoms with van der Waals surface area (Å²) < 4.78 is 25.5. The van der Waals surface area contributed by atoms with Crippen molar-refractivity contribution in [2.24, 2.45) is 10.8 Å². The quantitative estimate of drug-likeness (QED) is 0.337. The van der Waals surface area contributed by atoms with Crippen LogP contribution in [0.4, 0.5) is 10.1 Å². The van der Waals surface area contributed by atoms with Gasteiger partial charge < -0.3 is 14.1 Å². The van der Waals surface area contributed by atoms with Crippen LogP contribution in [0.5, 0.6) is 5.88 Å². The number of aryl methyl sites for hydroxylation is 1. The summed E-state index contributed by atoms with van der Waals surface area (Å²) in [5.41, 5.74) is 1.79. The number of carbonyl (C=O) groups is 1. The Labute approximate surface area is 228 Å². The highest BCUT2D eigenvalue weighted by atomic mass is 19.1. The number of pyridine rings is 1. The zero-order chi connectivity index (χ0) is 26.9. The SMILES string of the molecule is COc1cc(-c2cccc(N(CC34CCC(c5nnc(C)o5)(CC3)CC4)C(=O)CC34CC(F)(C3)C4)c2)ccn1. The summed E-state index contributed by atoms with van der Waals surface area (Å²) in [4.78, 5) is 20.3. The van der Waals surface area contributed by atoms with Gasteiger partial charge in [-0.05, 0) is 97.9 Å². The van der Waals surface area contributed by atoms with E-state index in [1.54, 1.807) is 13.3 Å². The molecule has 0 N–H and O–H groups in total. The molecule has 4 bridgehead atoms. The van der Waals surface area contributed by atoms with Crippen LogP contribution in [0.25, 0.3) is 11.1 Å². The lowest BCUT2D eigenvalue weighted by atomic mass is 9.41. The molecule has 0 atom stereocenters. The zero-order valence-corrected chi connectivity index (χ0v) is 22.7. The lowest BCUT2D eigenvalue weighted by Crippen LogP contribution is -2.65. The number of aromatic nitrogens is 3. The van der Waals surface area contributed by atoms with Crippen molar-refractivity contribution in [1.82, 2.24) is 15.2 Å². The molecule has 0 unspecified atom stereocenters. The van der Waals surface area contributed by atoms with Gasteiger partial charge in [0.2, 0.25) is 23.6 Å². The van der Waals surface area contributed by atoms with Crippen LogP contribution in [0.1, 0.15) is 76.0 Å². The number of methoxy groups -OCH3 is 1. The summed E-state index contributed by atoms with van der Waals surface area (Å²) in [5, 5.41) is 8.48. The Bertz CT molecular complexity index is 1390. The minimum absolute atomic E-state index is 0.0283. The van der Waals surface area contributed by atoms with Gasteiger partial charge in [0.1, 0.15) is 5.67 Å². The summed E-state index contributed by atoms with van der Waals surface area (Å²) in [6.45, 7) is 2.53. The minimum Gasteiger partial charge on any atom is -0.481 e. The van der Waals surface area contributed by atoms with Crippen LogP contribution < -0.4 is 9.64 Å². The van der Waals surface area contributed by atoms with Crippen molar-refractivity contribution in [3.05, 3.63) is 54.4 Å². The maximum atomic E-state index is 14.3. The molecular formula is C31H35FN4O3. The lowest BCUT2D eigenvalue weighted by molar-refractivity contribution is -0.215. The molecular weight excluding hydrogens is 495 g/mol.